The molecule has 0 N–H and O–H groups in total. The van der Waals surface area contributed by atoms with Gasteiger partial charge in [-0.15, -0.1) is 0 Å². The van der Waals surface area contributed by atoms with Crippen molar-refractivity contribution in [3.63, 3.8) is 0 Å². The Hall–Kier alpha value is -3.60. The fourth-order valence-corrected chi connectivity index (χ4v) is 8.32. The molecular formula is C48H66N2O2. The van der Waals surface area contributed by atoms with Crippen LogP contribution in [0.5, 0.6) is 0 Å². The lowest BCUT2D eigenvalue weighted by Crippen LogP contribution is -2.46. The van der Waals surface area contributed by atoms with E-state index >= 15 is 0 Å². The van der Waals surface area contributed by atoms with E-state index in [0.717, 1.165) is 61.3 Å². The lowest BCUT2D eigenvalue weighted by molar-refractivity contribution is -0.122. The van der Waals surface area contributed by atoms with Crippen LogP contribution >= 0.6 is 0 Å². The first-order valence-corrected chi connectivity index (χ1v) is 19.7. The van der Waals surface area contributed by atoms with Gasteiger partial charge in [0.05, 0.1) is 12.1 Å². The lowest BCUT2D eigenvalue weighted by Gasteiger charge is -2.40. The van der Waals surface area contributed by atoms with Gasteiger partial charge in [0.25, 0.3) is 0 Å². The molecule has 2 heterocycles. The molecule has 0 bridgehead atoms. The number of Topliss-reactive ketones (excluding diaryl/α,β-unsaturated/α-hetero) is 2. The zero-order valence-electron chi connectivity index (χ0n) is 34.0. The highest BCUT2D eigenvalue weighted by Gasteiger charge is 2.42. The Kier molecular flexibility index (Phi) is 14.6. The van der Waals surface area contributed by atoms with Gasteiger partial charge in [-0.2, -0.15) is 0 Å². The summed E-state index contributed by atoms with van der Waals surface area (Å²) < 4.78 is 0. The highest BCUT2D eigenvalue weighted by molar-refractivity contribution is 6.02. The molecule has 4 rings (SSSR count). The van der Waals surface area contributed by atoms with Crippen molar-refractivity contribution in [2.24, 2.45) is 10.8 Å². The van der Waals surface area contributed by atoms with E-state index in [0.29, 0.717) is 11.6 Å². The molecule has 4 heteroatoms. The summed E-state index contributed by atoms with van der Waals surface area (Å²) in [6.07, 6.45) is 36.2. The number of allylic oxidation sites excluding steroid dienone is 20. The fraction of sp³-hybridized carbons (Fsp3) is 0.500. The van der Waals surface area contributed by atoms with Crippen molar-refractivity contribution < 1.29 is 9.59 Å². The molecule has 52 heavy (non-hydrogen) atoms. The van der Waals surface area contributed by atoms with Crippen LogP contribution < -0.4 is 0 Å². The second-order valence-corrected chi connectivity index (χ2v) is 16.9. The number of likely N-dealkylation sites (tertiary alicyclic amines) is 2. The SMILES string of the molecule is CC(C=CC=C(C)C=CC1=C(C)C(=O)C(N2CCCC2)CC1(C)C)=CC=CC=C(C)C=CC=C(C)C=CC1=C(C)C(=O)C(N2CCCC2)CC1(C)C. The second kappa shape index (κ2) is 18.4. The van der Waals surface area contributed by atoms with Crippen LogP contribution in [0.1, 0.15) is 108 Å². The van der Waals surface area contributed by atoms with E-state index in [9.17, 15) is 9.59 Å². The lowest BCUT2D eigenvalue weighted by atomic mass is 9.69. The summed E-state index contributed by atoms with van der Waals surface area (Å²) in [4.78, 5) is 31.3. The summed E-state index contributed by atoms with van der Waals surface area (Å²) in [6.45, 7) is 25.8. The standard InChI is InChI=1S/C48H66N2O2/c1-35(21-17-23-37(3)25-27-41-39(5)45(51)43(33-47(41,7)8)49-29-13-14-30-49)19-11-12-20-36(2)22-18-24-38(4)26-28-42-40(6)46(52)44(34-48(42,9)10)50-31-15-16-32-50/h11-12,17-28,43-44H,13-16,29-34H2,1-10H3. The summed E-state index contributed by atoms with van der Waals surface area (Å²) in [6, 6.07) is 0.0806. The van der Waals surface area contributed by atoms with Crippen LogP contribution in [0, 0.1) is 10.8 Å². The van der Waals surface area contributed by atoms with Crippen LogP contribution in [0.15, 0.2) is 130 Å². The maximum atomic E-state index is 13.3. The molecule has 2 aliphatic carbocycles. The second-order valence-electron chi connectivity index (χ2n) is 16.9. The smallest absolute Gasteiger partial charge is 0.175 e. The third-order valence-corrected chi connectivity index (χ3v) is 11.5. The molecule has 2 fully saturated rings. The quantitative estimate of drug-likeness (QED) is 0.190. The molecule has 0 radical (unpaired) electrons. The number of rotatable bonds is 12. The zero-order valence-corrected chi connectivity index (χ0v) is 34.0. The first kappa shape index (κ1) is 41.2. The van der Waals surface area contributed by atoms with Gasteiger partial charge in [0, 0.05) is 0 Å². The molecule has 0 aromatic heterocycles. The molecule has 280 valence electrons. The third kappa shape index (κ3) is 11.0. The van der Waals surface area contributed by atoms with Gasteiger partial charge in [0.1, 0.15) is 0 Å². The minimum Gasteiger partial charge on any atom is -0.293 e. The fourth-order valence-electron chi connectivity index (χ4n) is 8.32. The molecule has 2 aliphatic heterocycles. The minimum atomic E-state index is -0.0242. The maximum absolute atomic E-state index is 13.3. The van der Waals surface area contributed by atoms with Crippen molar-refractivity contribution in [3.8, 4) is 0 Å². The Morgan fingerprint density at radius 1 is 0.519 bits per heavy atom. The van der Waals surface area contributed by atoms with E-state index in [2.05, 4.69) is 150 Å². The highest BCUT2D eigenvalue weighted by Crippen LogP contribution is 2.43. The Labute approximate surface area is 316 Å². The molecule has 2 saturated heterocycles. The summed E-state index contributed by atoms with van der Waals surface area (Å²) >= 11 is 0. The van der Waals surface area contributed by atoms with E-state index in [-0.39, 0.29) is 22.9 Å². The minimum absolute atomic E-state index is 0.0242. The Morgan fingerprint density at radius 2 is 0.827 bits per heavy atom. The molecule has 2 atom stereocenters. The van der Waals surface area contributed by atoms with Gasteiger partial charge in [-0.1, -0.05) is 135 Å². The van der Waals surface area contributed by atoms with Crippen molar-refractivity contribution in [2.75, 3.05) is 26.2 Å². The van der Waals surface area contributed by atoms with Gasteiger partial charge in [-0.3, -0.25) is 19.4 Å². The van der Waals surface area contributed by atoms with Crippen LogP contribution in [0.3, 0.4) is 0 Å². The van der Waals surface area contributed by atoms with Crippen molar-refractivity contribution in [3.05, 3.63) is 130 Å². The van der Waals surface area contributed by atoms with Crippen molar-refractivity contribution in [1.29, 1.82) is 0 Å². The average Bonchev–Trinajstić information content (AvgIpc) is 3.82. The van der Waals surface area contributed by atoms with E-state index in [4.69, 9.17) is 0 Å². The van der Waals surface area contributed by atoms with Gasteiger partial charge in [0.15, 0.2) is 11.6 Å². The van der Waals surface area contributed by atoms with Crippen molar-refractivity contribution >= 4 is 11.6 Å². The number of nitrogens with zero attached hydrogens (tertiary/aromatic N) is 2. The van der Waals surface area contributed by atoms with E-state index in [1.54, 1.807) is 0 Å². The van der Waals surface area contributed by atoms with E-state index < -0.39 is 0 Å². The summed E-state index contributed by atoms with van der Waals surface area (Å²) in [5, 5.41) is 0. The van der Waals surface area contributed by atoms with Crippen molar-refractivity contribution in [1.82, 2.24) is 9.80 Å². The largest absolute Gasteiger partial charge is 0.293 e. The summed E-state index contributed by atoms with van der Waals surface area (Å²) in [5.41, 5.74) is 8.79. The predicted molar refractivity (Wildman–Crippen MR) is 222 cm³/mol. The number of ketones is 2. The number of hydrogen-bond acceptors (Lipinski definition) is 4. The molecule has 0 saturated carbocycles. The molecule has 0 amide bonds. The van der Waals surface area contributed by atoms with E-state index in [1.165, 1.54) is 48.0 Å². The average molecular weight is 703 g/mol. The van der Waals surface area contributed by atoms with E-state index in [1.807, 2.05) is 13.8 Å². The van der Waals surface area contributed by atoms with Crippen LogP contribution in [0.2, 0.25) is 0 Å². The topological polar surface area (TPSA) is 40.6 Å². The molecule has 0 aromatic carbocycles. The monoisotopic (exact) mass is 703 g/mol. The molecule has 2 unspecified atom stereocenters. The van der Waals surface area contributed by atoms with Gasteiger partial charge < -0.3 is 0 Å². The molecule has 4 nitrogen and oxygen atoms in total. The number of hydrogen-bond donors (Lipinski definition) is 0. The Morgan fingerprint density at radius 3 is 1.17 bits per heavy atom. The zero-order chi connectivity index (χ0) is 38.1. The van der Waals surface area contributed by atoms with Crippen LogP contribution in [-0.2, 0) is 9.59 Å². The molecule has 0 aromatic rings. The van der Waals surface area contributed by atoms with Gasteiger partial charge in [-0.25, -0.2) is 0 Å². The summed E-state index contributed by atoms with van der Waals surface area (Å²) in [5.74, 6) is 0.621. The third-order valence-electron chi connectivity index (χ3n) is 11.5. The van der Waals surface area contributed by atoms with Crippen LogP contribution in [-0.4, -0.2) is 59.6 Å². The Bertz CT molecular complexity index is 1550. The maximum Gasteiger partial charge on any atom is 0.175 e. The van der Waals surface area contributed by atoms with Gasteiger partial charge >= 0.3 is 0 Å². The molecule has 0 spiro atoms. The van der Waals surface area contributed by atoms with Crippen LogP contribution in [0.4, 0.5) is 0 Å². The molecular weight excluding hydrogens is 637 g/mol. The van der Waals surface area contributed by atoms with Crippen LogP contribution in [0.25, 0.3) is 0 Å². The Balaban J connectivity index is 1.28. The first-order chi connectivity index (χ1) is 24.6. The molecule has 4 aliphatic rings. The number of carbonyl (C=O) groups excluding carboxylic acids is 2. The van der Waals surface area contributed by atoms with Gasteiger partial charge in [0.2, 0.25) is 0 Å². The predicted octanol–water partition coefficient (Wildman–Crippen LogP) is 11.1. The van der Waals surface area contributed by atoms with Crippen molar-refractivity contribution in [2.45, 2.75) is 120 Å². The number of carbonyl (C=O) groups is 2. The van der Waals surface area contributed by atoms with Gasteiger partial charge in [-0.05, 0) is 139 Å². The highest BCUT2D eigenvalue weighted by atomic mass is 16.1. The normalized spacial score (nSPS) is 26.4. The summed E-state index contributed by atoms with van der Waals surface area (Å²) in [7, 11) is 0. The first-order valence-electron chi connectivity index (χ1n) is 19.7.